The number of nitrogens with one attached hydrogen (secondary N) is 1. The van der Waals surface area contributed by atoms with Gasteiger partial charge in [-0.15, -0.1) is 0 Å². The Morgan fingerprint density at radius 1 is 1.40 bits per heavy atom. The fourth-order valence-corrected chi connectivity index (χ4v) is 4.61. The number of benzene rings is 1. The van der Waals surface area contributed by atoms with Crippen molar-refractivity contribution in [2.24, 2.45) is 5.41 Å². The van der Waals surface area contributed by atoms with E-state index in [-0.39, 0.29) is 22.0 Å². The van der Waals surface area contributed by atoms with Crippen LogP contribution in [0.25, 0.3) is 0 Å². The summed E-state index contributed by atoms with van der Waals surface area (Å²) in [6.45, 7) is 4.36. The summed E-state index contributed by atoms with van der Waals surface area (Å²) < 4.78 is 28.4. The molecule has 2 rings (SSSR count). The van der Waals surface area contributed by atoms with Crippen molar-refractivity contribution in [2.45, 2.75) is 50.5 Å². The van der Waals surface area contributed by atoms with Crippen LogP contribution in [-0.2, 0) is 10.0 Å². The van der Waals surface area contributed by atoms with Crippen LogP contribution in [0.1, 0.15) is 39.5 Å². The molecule has 0 heterocycles. The van der Waals surface area contributed by atoms with E-state index >= 15 is 0 Å². The van der Waals surface area contributed by atoms with E-state index < -0.39 is 10.0 Å². The molecule has 3 N–H and O–H groups in total. The van der Waals surface area contributed by atoms with Crippen molar-refractivity contribution in [2.75, 3.05) is 5.73 Å². The fourth-order valence-electron chi connectivity index (χ4n) is 2.85. The predicted molar refractivity (Wildman–Crippen MR) is 84.9 cm³/mol. The lowest BCUT2D eigenvalue weighted by molar-refractivity contribution is 0.212. The molecule has 20 heavy (non-hydrogen) atoms. The molecule has 1 unspecified atom stereocenters. The van der Waals surface area contributed by atoms with E-state index in [0.717, 1.165) is 30.2 Å². The second-order valence-electron chi connectivity index (χ2n) is 6.26. The van der Waals surface area contributed by atoms with Crippen LogP contribution in [-0.4, -0.2) is 14.5 Å². The Balaban J connectivity index is 2.19. The maximum atomic E-state index is 12.4. The Morgan fingerprint density at radius 2 is 2.10 bits per heavy atom. The van der Waals surface area contributed by atoms with E-state index in [2.05, 4.69) is 34.5 Å². The minimum absolute atomic E-state index is 0.00760. The van der Waals surface area contributed by atoms with Gasteiger partial charge in [0, 0.05) is 10.5 Å². The van der Waals surface area contributed by atoms with Gasteiger partial charge in [0.05, 0.1) is 5.69 Å². The molecule has 0 bridgehead atoms. The van der Waals surface area contributed by atoms with Gasteiger partial charge in [0.2, 0.25) is 10.0 Å². The van der Waals surface area contributed by atoms with E-state index in [4.69, 9.17) is 5.73 Å². The average molecular weight is 361 g/mol. The molecule has 1 aliphatic carbocycles. The van der Waals surface area contributed by atoms with Gasteiger partial charge in [-0.2, -0.15) is 0 Å². The first-order valence-electron chi connectivity index (χ1n) is 6.77. The summed E-state index contributed by atoms with van der Waals surface area (Å²) in [5.74, 6) is 0. The Bertz CT molecular complexity index is 599. The largest absolute Gasteiger partial charge is 0.398 e. The molecule has 1 saturated carbocycles. The van der Waals surface area contributed by atoms with Crippen LogP contribution in [0.15, 0.2) is 27.6 Å². The van der Waals surface area contributed by atoms with Crippen molar-refractivity contribution in [3.63, 3.8) is 0 Å². The van der Waals surface area contributed by atoms with E-state index in [1.54, 1.807) is 12.1 Å². The zero-order valence-corrected chi connectivity index (χ0v) is 14.2. The van der Waals surface area contributed by atoms with Crippen LogP contribution >= 0.6 is 15.9 Å². The van der Waals surface area contributed by atoms with E-state index in [1.165, 1.54) is 6.07 Å². The number of sulfonamides is 1. The Kier molecular flexibility index (Phi) is 4.47. The van der Waals surface area contributed by atoms with Gasteiger partial charge < -0.3 is 5.73 Å². The normalized spacial score (nSPS) is 22.6. The average Bonchev–Trinajstić information content (AvgIpc) is 2.25. The first kappa shape index (κ1) is 15.8. The lowest BCUT2D eigenvalue weighted by Gasteiger charge is -2.35. The number of halogens is 1. The second kappa shape index (κ2) is 5.66. The first-order valence-corrected chi connectivity index (χ1v) is 9.05. The standard InChI is InChI=1S/C14H21BrN2O2S/c1-14(2)7-3-4-11(9-14)17-20(18,19)13-6-5-10(15)8-12(13)16/h5-6,8,11,17H,3-4,7,9,16H2,1-2H3. The number of nitrogen functional groups attached to an aromatic ring is 1. The molecule has 0 saturated heterocycles. The number of anilines is 1. The Morgan fingerprint density at radius 3 is 2.70 bits per heavy atom. The van der Waals surface area contributed by atoms with Crippen LogP contribution < -0.4 is 10.5 Å². The lowest BCUT2D eigenvalue weighted by atomic mass is 9.75. The van der Waals surface area contributed by atoms with Gasteiger partial charge in [-0.3, -0.25) is 0 Å². The molecular weight excluding hydrogens is 340 g/mol. The molecule has 1 fully saturated rings. The quantitative estimate of drug-likeness (QED) is 0.812. The summed E-state index contributed by atoms with van der Waals surface area (Å²) in [5.41, 5.74) is 6.27. The summed E-state index contributed by atoms with van der Waals surface area (Å²) in [7, 11) is -3.55. The molecule has 1 atom stereocenters. The topological polar surface area (TPSA) is 72.2 Å². The SMILES string of the molecule is CC1(C)CCCC(NS(=O)(=O)c2ccc(Br)cc2N)C1. The maximum absolute atomic E-state index is 12.4. The van der Waals surface area contributed by atoms with E-state index in [9.17, 15) is 8.42 Å². The number of nitrogens with two attached hydrogens (primary N) is 1. The molecule has 0 amide bonds. The number of hydrogen-bond donors (Lipinski definition) is 2. The minimum Gasteiger partial charge on any atom is -0.398 e. The second-order valence-corrected chi connectivity index (χ2v) is 8.86. The van der Waals surface area contributed by atoms with Gasteiger partial charge >= 0.3 is 0 Å². The van der Waals surface area contributed by atoms with Gasteiger partial charge in [-0.25, -0.2) is 13.1 Å². The lowest BCUT2D eigenvalue weighted by Crippen LogP contribution is -2.40. The van der Waals surface area contributed by atoms with Crippen molar-refractivity contribution in [1.29, 1.82) is 0 Å². The van der Waals surface area contributed by atoms with Gasteiger partial charge in [-0.1, -0.05) is 36.2 Å². The summed E-state index contributed by atoms with van der Waals surface area (Å²) in [5, 5.41) is 0. The molecule has 0 radical (unpaired) electrons. The van der Waals surface area contributed by atoms with Crippen LogP contribution in [0.4, 0.5) is 5.69 Å². The van der Waals surface area contributed by atoms with Crippen molar-refractivity contribution in [1.82, 2.24) is 4.72 Å². The van der Waals surface area contributed by atoms with Crippen LogP contribution in [0.5, 0.6) is 0 Å². The minimum atomic E-state index is -3.55. The molecule has 1 aromatic rings. The molecule has 112 valence electrons. The van der Waals surface area contributed by atoms with Crippen LogP contribution in [0, 0.1) is 5.41 Å². The Labute approximate surface area is 129 Å². The number of hydrogen-bond acceptors (Lipinski definition) is 3. The molecule has 1 aromatic carbocycles. The third-order valence-corrected chi connectivity index (χ3v) is 5.88. The molecule has 0 spiro atoms. The summed E-state index contributed by atoms with van der Waals surface area (Å²) in [6, 6.07) is 4.83. The van der Waals surface area contributed by atoms with Gasteiger partial charge in [0.15, 0.2) is 0 Å². The molecule has 1 aliphatic rings. The summed E-state index contributed by atoms with van der Waals surface area (Å²) >= 11 is 3.28. The van der Waals surface area contributed by atoms with Crippen molar-refractivity contribution in [3.05, 3.63) is 22.7 Å². The highest BCUT2D eigenvalue weighted by Crippen LogP contribution is 2.36. The Hall–Kier alpha value is -0.590. The zero-order valence-electron chi connectivity index (χ0n) is 11.8. The highest BCUT2D eigenvalue weighted by atomic mass is 79.9. The highest BCUT2D eigenvalue weighted by Gasteiger charge is 2.31. The van der Waals surface area contributed by atoms with Crippen molar-refractivity contribution < 1.29 is 8.42 Å². The van der Waals surface area contributed by atoms with Crippen LogP contribution in [0.2, 0.25) is 0 Å². The third-order valence-electron chi connectivity index (χ3n) is 3.79. The first-order chi connectivity index (χ1) is 9.20. The van der Waals surface area contributed by atoms with E-state index in [0.29, 0.717) is 0 Å². The molecule has 6 heteroatoms. The van der Waals surface area contributed by atoms with E-state index in [1.807, 2.05) is 0 Å². The third kappa shape index (κ3) is 3.74. The molecule has 0 aromatic heterocycles. The highest BCUT2D eigenvalue weighted by molar-refractivity contribution is 9.10. The molecular formula is C14H21BrN2O2S. The maximum Gasteiger partial charge on any atom is 0.242 e. The zero-order chi connectivity index (χ0) is 15.0. The van der Waals surface area contributed by atoms with Crippen LogP contribution in [0.3, 0.4) is 0 Å². The fraction of sp³-hybridized carbons (Fsp3) is 0.571. The van der Waals surface area contributed by atoms with Gasteiger partial charge in [0.25, 0.3) is 0 Å². The van der Waals surface area contributed by atoms with Crippen molar-refractivity contribution >= 4 is 31.6 Å². The predicted octanol–water partition coefficient (Wildman–Crippen LogP) is 3.28. The molecule has 0 aliphatic heterocycles. The number of rotatable bonds is 3. The summed E-state index contributed by atoms with van der Waals surface area (Å²) in [4.78, 5) is 0.157. The van der Waals surface area contributed by atoms with Crippen molar-refractivity contribution in [3.8, 4) is 0 Å². The summed E-state index contributed by atoms with van der Waals surface area (Å²) in [6.07, 6.45) is 3.95. The van der Waals surface area contributed by atoms with Gasteiger partial charge in [0.1, 0.15) is 4.90 Å². The molecule has 4 nitrogen and oxygen atoms in total. The smallest absolute Gasteiger partial charge is 0.242 e. The van der Waals surface area contributed by atoms with Gasteiger partial charge in [-0.05, 0) is 42.9 Å². The monoisotopic (exact) mass is 360 g/mol.